The van der Waals surface area contributed by atoms with Gasteiger partial charge in [0.1, 0.15) is 11.9 Å². The zero-order valence-electron chi connectivity index (χ0n) is 13.5. The van der Waals surface area contributed by atoms with Crippen molar-refractivity contribution in [3.05, 3.63) is 71.5 Å². The minimum Gasteiger partial charge on any atom is -0.368 e. The minimum atomic E-state index is -0.863. The summed E-state index contributed by atoms with van der Waals surface area (Å²) < 4.78 is 13.2. The average molecular weight is 328 g/mol. The van der Waals surface area contributed by atoms with E-state index in [1.807, 2.05) is 30.3 Å². The second-order valence-electron chi connectivity index (χ2n) is 5.89. The fraction of sp³-hybridized carbons (Fsp3) is 0.263. The highest BCUT2D eigenvalue weighted by molar-refractivity contribution is 5.87. The highest BCUT2D eigenvalue weighted by Crippen LogP contribution is 2.10. The van der Waals surface area contributed by atoms with E-state index in [4.69, 9.17) is 5.73 Å². The lowest BCUT2D eigenvalue weighted by molar-refractivity contribution is -0.129. The highest BCUT2D eigenvalue weighted by Gasteiger charge is 2.22. The van der Waals surface area contributed by atoms with Crippen LogP contribution in [0.3, 0.4) is 0 Å². The predicted molar refractivity (Wildman–Crippen MR) is 90.5 cm³/mol. The van der Waals surface area contributed by atoms with Crippen LogP contribution in [0.15, 0.2) is 54.6 Å². The normalized spacial score (nSPS) is 13.1. The van der Waals surface area contributed by atoms with E-state index < -0.39 is 11.9 Å². The van der Waals surface area contributed by atoms with Crippen molar-refractivity contribution in [2.75, 3.05) is 0 Å². The van der Waals surface area contributed by atoms with Crippen LogP contribution < -0.4 is 11.1 Å². The Bertz CT molecular complexity index is 704. The molecule has 0 saturated heterocycles. The van der Waals surface area contributed by atoms with Gasteiger partial charge in [0.15, 0.2) is 0 Å². The fourth-order valence-corrected chi connectivity index (χ4v) is 2.50. The topological polar surface area (TPSA) is 72.2 Å². The van der Waals surface area contributed by atoms with Crippen molar-refractivity contribution in [1.29, 1.82) is 0 Å². The van der Waals surface area contributed by atoms with Gasteiger partial charge in [-0.05, 0) is 29.7 Å². The van der Waals surface area contributed by atoms with Gasteiger partial charge in [0, 0.05) is 12.3 Å². The third kappa shape index (κ3) is 5.19. The maximum absolute atomic E-state index is 13.2. The molecule has 5 heteroatoms. The van der Waals surface area contributed by atoms with Gasteiger partial charge in [0.25, 0.3) is 0 Å². The first-order chi connectivity index (χ1) is 11.5. The third-order valence-corrected chi connectivity index (χ3v) is 3.82. The Morgan fingerprint density at radius 2 is 1.71 bits per heavy atom. The molecule has 0 aliphatic rings. The average Bonchev–Trinajstić information content (AvgIpc) is 2.55. The van der Waals surface area contributed by atoms with Gasteiger partial charge in [0.2, 0.25) is 11.8 Å². The van der Waals surface area contributed by atoms with E-state index in [9.17, 15) is 14.0 Å². The molecular weight excluding hydrogens is 307 g/mol. The SMILES string of the molecule is C[C@@H](Cc1ccccc1)C(=O)N[C@@H](Cc1cccc(F)c1)C(N)=O. The zero-order valence-corrected chi connectivity index (χ0v) is 13.5. The lowest BCUT2D eigenvalue weighted by atomic mass is 9.99. The monoisotopic (exact) mass is 328 g/mol. The number of carbonyl (C=O) groups is 2. The molecule has 24 heavy (non-hydrogen) atoms. The molecule has 2 amide bonds. The van der Waals surface area contributed by atoms with Crippen LogP contribution in [0, 0.1) is 11.7 Å². The van der Waals surface area contributed by atoms with Gasteiger partial charge in [-0.1, -0.05) is 49.4 Å². The number of primary amides is 1. The van der Waals surface area contributed by atoms with Crippen molar-refractivity contribution in [3.8, 4) is 0 Å². The first-order valence-corrected chi connectivity index (χ1v) is 7.83. The number of hydrogen-bond acceptors (Lipinski definition) is 2. The molecule has 0 aliphatic carbocycles. The van der Waals surface area contributed by atoms with Crippen LogP contribution in [0.2, 0.25) is 0 Å². The first kappa shape index (κ1) is 17.7. The molecule has 0 fully saturated rings. The van der Waals surface area contributed by atoms with Crippen molar-refractivity contribution in [2.45, 2.75) is 25.8 Å². The Morgan fingerprint density at radius 3 is 2.33 bits per heavy atom. The van der Waals surface area contributed by atoms with E-state index in [-0.39, 0.29) is 24.1 Å². The summed E-state index contributed by atoms with van der Waals surface area (Å²) in [6.07, 6.45) is 0.731. The number of nitrogens with two attached hydrogens (primary N) is 1. The standard InChI is InChI=1S/C19H21FN2O2/c1-13(10-14-6-3-2-4-7-14)19(24)22-17(18(21)23)12-15-8-5-9-16(20)11-15/h2-9,11,13,17H,10,12H2,1H3,(H2,21,23)(H,22,24)/t13-,17-/m0/s1. The van der Waals surface area contributed by atoms with Crippen molar-refractivity contribution < 1.29 is 14.0 Å². The molecule has 0 saturated carbocycles. The Morgan fingerprint density at radius 1 is 1.04 bits per heavy atom. The smallest absolute Gasteiger partial charge is 0.240 e. The van der Waals surface area contributed by atoms with E-state index in [1.165, 1.54) is 12.1 Å². The van der Waals surface area contributed by atoms with Crippen molar-refractivity contribution in [3.63, 3.8) is 0 Å². The maximum Gasteiger partial charge on any atom is 0.240 e. The summed E-state index contributed by atoms with van der Waals surface area (Å²) in [6, 6.07) is 14.7. The van der Waals surface area contributed by atoms with E-state index >= 15 is 0 Å². The van der Waals surface area contributed by atoms with Gasteiger partial charge in [-0.15, -0.1) is 0 Å². The van der Waals surface area contributed by atoms with Gasteiger partial charge in [-0.3, -0.25) is 9.59 Å². The summed E-state index contributed by atoms with van der Waals surface area (Å²) in [5.74, 6) is -1.58. The number of benzene rings is 2. The Hall–Kier alpha value is -2.69. The largest absolute Gasteiger partial charge is 0.368 e. The maximum atomic E-state index is 13.2. The van der Waals surface area contributed by atoms with E-state index in [2.05, 4.69) is 5.32 Å². The highest BCUT2D eigenvalue weighted by atomic mass is 19.1. The lowest BCUT2D eigenvalue weighted by Gasteiger charge is -2.19. The number of carbonyl (C=O) groups excluding carboxylic acids is 2. The van der Waals surface area contributed by atoms with Crippen LogP contribution in [0.4, 0.5) is 4.39 Å². The summed E-state index contributed by atoms with van der Waals surface area (Å²) in [6.45, 7) is 1.79. The van der Waals surface area contributed by atoms with Crippen LogP contribution in [-0.2, 0) is 22.4 Å². The summed E-state index contributed by atoms with van der Waals surface area (Å²) in [5, 5.41) is 2.67. The molecule has 2 aromatic carbocycles. The molecule has 0 heterocycles. The molecule has 3 N–H and O–H groups in total. The van der Waals surface area contributed by atoms with E-state index in [1.54, 1.807) is 19.1 Å². The summed E-state index contributed by atoms with van der Waals surface area (Å²) >= 11 is 0. The summed E-state index contributed by atoms with van der Waals surface area (Å²) in [7, 11) is 0. The molecule has 2 aromatic rings. The van der Waals surface area contributed by atoms with Crippen LogP contribution in [0.25, 0.3) is 0 Å². The Labute approximate surface area is 140 Å². The van der Waals surface area contributed by atoms with Crippen LogP contribution >= 0.6 is 0 Å². The first-order valence-electron chi connectivity index (χ1n) is 7.83. The molecule has 0 aromatic heterocycles. The van der Waals surface area contributed by atoms with Crippen LogP contribution in [0.5, 0.6) is 0 Å². The lowest BCUT2D eigenvalue weighted by Crippen LogP contribution is -2.47. The second kappa shape index (κ2) is 8.24. The van der Waals surface area contributed by atoms with E-state index in [0.717, 1.165) is 5.56 Å². The van der Waals surface area contributed by atoms with Gasteiger partial charge in [-0.25, -0.2) is 4.39 Å². The molecule has 126 valence electrons. The Balaban J connectivity index is 1.99. The van der Waals surface area contributed by atoms with Gasteiger partial charge >= 0.3 is 0 Å². The molecule has 0 bridgehead atoms. The molecule has 2 rings (SSSR count). The number of rotatable bonds is 7. The Kier molecular flexibility index (Phi) is 6.07. The van der Waals surface area contributed by atoms with Gasteiger partial charge in [-0.2, -0.15) is 0 Å². The molecule has 0 aliphatic heterocycles. The van der Waals surface area contributed by atoms with Gasteiger partial charge < -0.3 is 11.1 Å². The third-order valence-electron chi connectivity index (χ3n) is 3.82. The van der Waals surface area contributed by atoms with E-state index in [0.29, 0.717) is 12.0 Å². The van der Waals surface area contributed by atoms with Crippen molar-refractivity contribution in [1.82, 2.24) is 5.32 Å². The quantitative estimate of drug-likeness (QED) is 0.818. The number of hydrogen-bond donors (Lipinski definition) is 2. The van der Waals surface area contributed by atoms with Crippen LogP contribution in [0.1, 0.15) is 18.1 Å². The van der Waals surface area contributed by atoms with Crippen LogP contribution in [-0.4, -0.2) is 17.9 Å². The van der Waals surface area contributed by atoms with Crippen molar-refractivity contribution in [2.24, 2.45) is 11.7 Å². The number of halogens is 1. The zero-order chi connectivity index (χ0) is 17.5. The summed E-state index contributed by atoms with van der Waals surface area (Å²) in [4.78, 5) is 23.9. The number of amides is 2. The molecule has 0 spiro atoms. The molecule has 0 radical (unpaired) electrons. The fourth-order valence-electron chi connectivity index (χ4n) is 2.50. The van der Waals surface area contributed by atoms with Gasteiger partial charge in [0.05, 0.1) is 0 Å². The molecule has 2 atom stereocenters. The minimum absolute atomic E-state index is 0.164. The number of nitrogens with one attached hydrogen (secondary N) is 1. The molecule has 4 nitrogen and oxygen atoms in total. The molecular formula is C19H21FN2O2. The summed E-state index contributed by atoms with van der Waals surface area (Å²) in [5.41, 5.74) is 7.03. The molecule has 0 unspecified atom stereocenters. The predicted octanol–water partition coefficient (Wildman–Crippen LogP) is 2.22. The van der Waals surface area contributed by atoms with Crippen molar-refractivity contribution >= 4 is 11.8 Å². The second-order valence-corrected chi connectivity index (χ2v) is 5.89.